The molecule has 0 aliphatic carbocycles. The van der Waals surface area contributed by atoms with Crippen LogP contribution in [0.3, 0.4) is 0 Å². The number of oxime groups is 1. The van der Waals surface area contributed by atoms with Gasteiger partial charge in [-0.15, -0.1) is 0 Å². The van der Waals surface area contributed by atoms with Crippen molar-refractivity contribution in [1.82, 2.24) is 10.3 Å². The van der Waals surface area contributed by atoms with E-state index in [1.807, 2.05) is 18.2 Å². The molecule has 1 aromatic rings. The summed E-state index contributed by atoms with van der Waals surface area (Å²) in [5.41, 5.74) is 2.86. The van der Waals surface area contributed by atoms with Gasteiger partial charge in [0.15, 0.2) is 0 Å². The quantitative estimate of drug-likeness (QED) is 0.771. The normalized spacial score (nSPS) is 23.9. The van der Waals surface area contributed by atoms with E-state index in [0.29, 0.717) is 0 Å². The molecule has 1 atom stereocenters. The number of fused-ring (bicyclic) bond motifs is 1. The van der Waals surface area contributed by atoms with Gasteiger partial charge in [-0.05, 0) is 31.5 Å². The van der Waals surface area contributed by atoms with Crippen molar-refractivity contribution in [2.45, 2.75) is 19.1 Å². The maximum atomic E-state index is 5.37. The van der Waals surface area contributed by atoms with Gasteiger partial charge >= 0.3 is 0 Å². The SMILES string of the molecule is C1=C2C(c3ccccn3)=NO[C@H]2NCCC1. The van der Waals surface area contributed by atoms with Crippen LogP contribution in [0.5, 0.6) is 0 Å². The summed E-state index contributed by atoms with van der Waals surface area (Å²) in [6.07, 6.45) is 6.09. The third-order valence-corrected chi connectivity index (χ3v) is 2.79. The third kappa shape index (κ3) is 1.61. The first kappa shape index (κ1) is 9.54. The molecule has 2 aliphatic heterocycles. The molecule has 0 aromatic carbocycles. The van der Waals surface area contributed by atoms with Crippen LogP contribution in [0.25, 0.3) is 0 Å². The summed E-state index contributed by atoms with van der Waals surface area (Å²) in [5, 5.41) is 7.43. The number of rotatable bonds is 1. The van der Waals surface area contributed by atoms with E-state index in [1.165, 1.54) is 0 Å². The van der Waals surface area contributed by atoms with Crippen molar-refractivity contribution in [3.63, 3.8) is 0 Å². The molecule has 4 heteroatoms. The second-order valence-corrected chi connectivity index (χ2v) is 3.90. The Hall–Kier alpha value is -1.68. The average Bonchev–Trinajstić information content (AvgIpc) is 2.60. The first-order chi connectivity index (χ1) is 7.95. The molecule has 0 saturated carbocycles. The van der Waals surface area contributed by atoms with Crippen LogP contribution >= 0.6 is 0 Å². The molecule has 1 aromatic heterocycles. The van der Waals surface area contributed by atoms with Gasteiger partial charge in [-0.3, -0.25) is 10.3 Å². The minimum Gasteiger partial charge on any atom is -0.371 e. The van der Waals surface area contributed by atoms with Gasteiger partial charge in [0.25, 0.3) is 0 Å². The molecule has 0 radical (unpaired) electrons. The molecular weight excluding hydrogens is 202 g/mol. The molecule has 0 unspecified atom stereocenters. The Labute approximate surface area is 94.0 Å². The zero-order chi connectivity index (χ0) is 10.8. The van der Waals surface area contributed by atoms with Crippen LogP contribution in [-0.2, 0) is 4.84 Å². The lowest BCUT2D eigenvalue weighted by molar-refractivity contribution is 0.0808. The number of hydrogen-bond acceptors (Lipinski definition) is 4. The van der Waals surface area contributed by atoms with Gasteiger partial charge in [0.05, 0.1) is 5.69 Å². The highest BCUT2D eigenvalue weighted by atomic mass is 16.7. The highest BCUT2D eigenvalue weighted by Gasteiger charge is 2.29. The van der Waals surface area contributed by atoms with Crippen LogP contribution in [0.15, 0.2) is 41.2 Å². The lowest BCUT2D eigenvalue weighted by Crippen LogP contribution is -2.30. The minimum atomic E-state index is -0.0838. The van der Waals surface area contributed by atoms with Crippen LogP contribution in [0.4, 0.5) is 0 Å². The molecule has 3 rings (SSSR count). The molecular formula is C12H13N3O. The van der Waals surface area contributed by atoms with E-state index >= 15 is 0 Å². The van der Waals surface area contributed by atoms with Gasteiger partial charge in [-0.25, -0.2) is 0 Å². The van der Waals surface area contributed by atoms with E-state index in [1.54, 1.807) is 6.20 Å². The summed E-state index contributed by atoms with van der Waals surface area (Å²) in [7, 11) is 0. The summed E-state index contributed by atoms with van der Waals surface area (Å²) < 4.78 is 0. The lowest BCUT2D eigenvalue weighted by atomic mass is 10.1. The molecule has 0 spiro atoms. The lowest BCUT2D eigenvalue weighted by Gasteiger charge is -2.09. The molecule has 4 nitrogen and oxygen atoms in total. The Morgan fingerprint density at radius 2 is 2.38 bits per heavy atom. The van der Waals surface area contributed by atoms with E-state index in [-0.39, 0.29) is 6.23 Å². The third-order valence-electron chi connectivity index (χ3n) is 2.79. The van der Waals surface area contributed by atoms with Crippen LogP contribution < -0.4 is 5.32 Å². The molecule has 1 N–H and O–H groups in total. The number of nitrogens with zero attached hydrogens (tertiary/aromatic N) is 2. The van der Waals surface area contributed by atoms with E-state index in [4.69, 9.17) is 4.84 Å². The summed E-state index contributed by atoms with van der Waals surface area (Å²) in [6.45, 7) is 0.968. The Bertz CT molecular complexity index is 439. The molecule has 2 aliphatic rings. The van der Waals surface area contributed by atoms with Crippen LogP contribution in [0.2, 0.25) is 0 Å². The number of nitrogens with one attached hydrogen (secondary N) is 1. The smallest absolute Gasteiger partial charge is 0.206 e. The van der Waals surface area contributed by atoms with Gasteiger partial charge in [0, 0.05) is 11.8 Å². The topological polar surface area (TPSA) is 46.5 Å². The minimum absolute atomic E-state index is 0.0838. The maximum Gasteiger partial charge on any atom is 0.206 e. The van der Waals surface area contributed by atoms with Gasteiger partial charge in [-0.1, -0.05) is 17.3 Å². The number of aromatic nitrogens is 1. The molecule has 16 heavy (non-hydrogen) atoms. The Morgan fingerprint density at radius 1 is 1.38 bits per heavy atom. The van der Waals surface area contributed by atoms with E-state index in [2.05, 4.69) is 21.5 Å². The molecule has 0 saturated heterocycles. The van der Waals surface area contributed by atoms with Gasteiger partial charge < -0.3 is 4.84 Å². The Morgan fingerprint density at radius 3 is 3.25 bits per heavy atom. The standard InChI is InChI=1S/C12H13N3O/c1-3-8-14-12-9(5-1)11(15-16-12)10-6-2-4-7-13-10/h2,4-7,12,14H,1,3,8H2/t12-/m1/s1. The van der Waals surface area contributed by atoms with Crippen molar-refractivity contribution in [3.8, 4) is 0 Å². The fourth-order valence-electron chi connectivity index (χ4n) is 1.98. The fraction of sp³-hybridized carbons (Fsp3) is 0.333. The molecule has 0 amide bonds. The van der Waals surface area contributed by atoms with Crippen molar-refractivity contribution < 1.29 is 4.84 Å². The average molecular weight is 215 g/mol. The highest BCUT2D eigenvalue weighted by Crippen LogP contribution is 2.22. The number of allylic oxidation sites excluding steroid dienone is 1. The monoisotopic (exact) mass is 215 g/mol. The first-order valence-electron chi connectivity index (χ1n) is 5.54. The number of pyridine rings is 1. The van der Waals surface area contributed by atoms with Crippen LogP contribution in [0, 0.1) is 0 Å². The van der Waals surface area contributed by atoms with Crippen molar-refractivity contribution >= 4 is 5.71 Å². The van der Waals surface area contributed by atoms with Crippen molar-refractivity contribution in [1.29, 1.82) is 0 Å². The zero-order valence-electron chi connectivity index (χ0n) is 8.89. The largest absolute Gasteiger partial charge is 0.371 e. The fourth-order valence-corrected chi connectivity index (χ4v) is 1.98. The predicted octanol–water partition coefficient (Wildman–Crippen LogP) is 1.45. The second kappa shape index (κ2) is 4.06. The van der Waals surface area contributed by atoms with E-state index < -0.39 is 0 Å². The Kier molecular flexibility index (Phi) is 2.42. The van der Waals surface area contributed by atoms with E-state index in [0.717, 1.165) is 36.4 Å². The van der Waals surface area contributed by atoms with Gasteiger partial charge in [0.2, 0.25) is 6.23 Å². The Balaban J connectivity index is 1.95. The molecule has 3 heterocycles. The van der Waals surface area contributed by atoms with Crippen molar-refractivity contribution in [3.05, 3.63) is 41.7 Å². The highest BCUT2D eigenvalue weighted by molar-refractivity contribution is 6.12. The summed E-state index contributed by atoms with van der Waals surface area (Å²) >= 11 is 0. The summed E-state index contributed by atoms with van der Waals surface area (Å²) in [6, 6.07) is 5.82. The molecule has 0 fully saturated rings. The van der Waals surface area contributed by atoms with Crippen LogP contribution in [0.1, 0.15) is 18.5 Å². The van der Waals surface area contributed by atoms with Crippen molar-refractivity contribution in [2.24, 2.45) is 5.16 Å². The van der Waals surface area contributed by atoms with Crippen molar-refractivity contribution in [2.75, 3.05) is 6.54 Å². The summed E-state index contributed by atoms with van der Waals surface area (Å²) in [5.74, 6) is 0. The number of hydrogen-bond donors (Lipinski definition) is 1. The van der Waals surface area contributed by atoms with E-state index in [9.17, 15) is 0 Å². The first-order valence-corrected chi connectivity index (χ1v) is 5.54. The van der Waals surface area contributed by atoms with Crippen LogP contribution in [-0.4, -0.2) is 23.5 Å². The van der Waals surface area contributed by atoms with Gasteiger partial charge in [-0.2, -0.15) is 0 Å². The zero-order valence-corrected chi connectivity index (χ0v) is 8.89. The predicted molar refractivity (Wildman–Crippen MR) is 61.0 cm³/mol. The molecule has 0 bridgehead atoms. The second-order valence-electron chi connectivity index (χ2n) is 3.90. The maximum absolute atomic E-state index is 5.37. The van der Waals surface area contributed by atoms with Gasteiger partial charge in [0.1, 0.15) is 5.71 Å². The summed E-state index contributed by atoms with van der Waals surface area (Å²) in [4.78, 5) is 9.68. The molecule has 82 valence electrons.